The lowest BCUT2D eigenvalue weighted by molar-refractivity contribution is -0.385. The number of nitro benzene ring substituents is 2. The third kappa shape index (κ3) is 1.91. The van der Waals surface area contributed by atoms with Crippen LogP contribution in [0.5, 0.6) is 0 Å². The zero-order valence-corrected chi connectivity index (χ0v) is 10.4. The van der Waals surface area contributed by atoms with Crippen molar-refractivity contribution in [1.29, 1.82) is 0 Å². The van der Waals surface area contributed by atoms with Crippen LogP contribution in [0.15, 0.2) is 36.4 Å². The highest BCUT2D eigenvalue weighted by Gasteiger charge is 2.20. The molecule has 0 saturated heterocycles. The van der Waals surface area contributed by atoms with Crippen LogP contribution in [0.1, 0.15) is 11.1 Å². The van der Waals surface area contributed by atoms with Crippen molar-refractivity contribution in [2.45, 2.75) is 12.8 Å². The number of non-ortho nitro benzene ring substituents is 2. The molecule has 0 bridgehead atoms. The summed E-state index contributed by atoms with van der Waals surface area (Å²) in [6, 6.07) is 9.54. The molecule has 2 aromatic carbocycles. The monoisotopic (exact) mass is 270 g/mol. The Morgan fingerprint density at radius 2 is 1.15 bits per heavy atom. The van der Waals surface area contributed by atoms with E-state index in [4.69, 9.17) is 0 Å². The number of hydrogen-bond acceptors (Lipinski definition) is 4. The van der Waals surface area contributed by atoms with E-state index in [1.807, 2.05) is 0 Å². The summed E-state index contributed by atoms with van der Waals surface area (Å²) >= 11 is 0. The highest BCUT2D eigenvalue weighted by molar-refractivity contribution is 5.75. The molecule has 0 saturated carbocycles. The van der Waals surface area contributed by atoms with Gasteiger partial charge in [0.05, 0.1) is 9.85 Å². The predicted octanol–water partition coefficient (Wildman–Crippen LogP) is 3.27. The van der Waals surface area contributed by atoms with E-state index in [2.05, 4.69) is 0 Å². The van der Waals surface area contributed by atoms with Gasteiger partial charge < -0.3 is 0 Å². The summed E-state index contributed by atoms with van der Waals surface area (Å²) in [4.78, 5) is 20.7. The molecular weight excluding hydrogens is 260 g/mol. The number of fused-ring (bicyclic) bond motifs is 3. The van der Waals surface area contributed by atoms with Gasteiger partial charge in [-0.25, -0.2) is 0 Å². The summed E-state index contributed by atoms with van der Waals surface area (Å²) < 4.78 is 0. The fourth-order valence-corrected chi connectivity index (χ4v) is 2.60. The molecule has 0 spiro atoms. The Labute approximate surface area is 114 Å². The SMILES string of the molecule is O=[N+]([O-])c1ccc2c(c1)CCc1cc([N+](=O)[O-])ccc1-2. The number of nitro groups is 2. The molecule has 0 radical (unpaired) electrons. The lowest BCUT2D eigenvalue weighted by atomic mass is 9.85. The van der Waals surface area contributed by atoms with Crippen molar-refractivity contribution in [3.8, 4) is 11.1 Å². The summed E-state index contributed by atoms with van der Waals surface area (Å²) in [5.74, 6) is 0. The Balaban J connectivity index is 2.12. The first-order valence-electron chi connectivity index (χ1n) is 6.11. The summed E-state index contributed by atoms with van der Waals surface area (Å²) in [5.41, 5.74) is 3.84. The Morgan fingerprint density at radius 1 is 0.750 bits per heavy atom. The minimum atomic E-state index is -0.411. The van der Waals surface area contributed by atoms with E-state index in [1.54, 1.807) is 24.3 Å². The number of aryl methyl sites for hydroxylation is 2. The first-order valence-corrected chi connectivity index (χ1v) is 6.11. The molecule has 0 heterocycles. The molecule has 6 nitrogen and oxygen atoms in total. The molecule has 0 aliphatic heterocycles. The van der Waals surface area contributed by atoms with Gasteiger partial charge in [-0.3, -0.25) is 20.2 Å². The fraction of sp³-hybridized carbons (Fsp3) is 0.143. The molecule has 100 valence electrons. The van der Waals surface area contributed by atoms with Crippen LogP contribution in [-0.4, -0.2) is 9.85 Å². The zero-order chi connectivity index (χ0) is 14.3. The number of benzene rings is 2. The molecule has 20 heavy (non-hydrogen) atoms. The standard InChI is InChI=1S/C14H10N2O4/c17-15(18)11-3-5-13-9(7-11)1-2-10-8-12(16(19)20)4-6-14(10)13/h3-8H,1-2H2. The van der Waals surface area contributed by atoms with Crippen LogP contribution < -0.4 is 0 Å². The largest absolute Gasteiger partial charge is 0.269 e. The van der Waals surface area contributed by atoms with Gasteiger partial charge in [-0.05, 0) is 47.2 Å². The van der Waals surface area contributed by atoms with Crippen LogP contribution in [0.25, 0.3) is 11.1 Å². The van der Waals surface area contributed by atoms with E-state index in [1.165, 1.54) is 12.1 Å². The van der Waals surface area contributed by atoms with Gasteiger partial charge in [0.15, 0.2) is 0 Å². The minimum Gasteiger partial charge on any atom is -0.258 e. The Hall–Kier alpha value is -2.76. The summed E-state index contributed by atoms with van der Waals surface area (Å²) in [6.45, 7) is 0. The first-order chi connectivity index (χ1) is 9.56. The van der Waals surface area contributed by atoms with Crippen LogP contribution in [0.2, 0.25) is 0 Å². The third-order valence-corrected chi connectivity index (χ3v) is 3.55. The maximum absolute atomic E-state index is 10.8. The van der Waals surface area contributed by atoms with E-state index in [9.17, 15) is 20.2 Å². The molecule has 1 aliphatic rings. The van der Waals surface area contributed by atoms with Crippen molar-refractivity contribution >= 4 is 11.4 Å². The predicted molar refractivity (Wildman–Crippen MR) is 72.6 cm³/mol. The maximum atomic E-state index is 10.8. The van der Waals surface area contributed by atoms with Crippen LogP contribution >= 0.6 is 0 Å². The molecule has 0 unspecified atom stereocenters. The van der Waals surface area contributed by atoms with E-state index in [0.717, 1.165) is 22.3 Å². The second-order valence-electron chi connectivity index (χ2n) is 4.70. The average Bonchev–Trinajstić information content (AvgIpc) is 2.45. The van der Waals surface area contributed by atoms with Gasteiger partial charge in [-0.2, -0.15) is 0 Å². The minimum absolute atomic E-state index is 0.0779. The Morgan fingerprint density at radius 3 is 1.50 bits per heavy atom. The van der Waals surface area contributed by atoms with Crippen molar-refractivity contribution in [3.05, 3.63) is 67.8 Å². The molecule has 2 aromatic rings. The number of rotatable bonds is 2. The normalized spacial score (nSPS) is 12.4. The van der Waals surface area contributed by atoms with Crippen molar-refractivity contribution in [3.63, 3.8) is 0 Å². The quantitative estimate of drug-likeness (QED) is 0.619. The van der Waals surface area contributed by atoms with Crippen molar-refractivity contribution in [2.24, 2.45) is 0 Å². The average molecular weight is 270 g/mol. The Kier molecular flexibility index (Phi) is 2.71. The van der Waals surface area contributed by atoms with E-state index >= 15 is 0 Å². The summed E-state index contributed by atoms with van der Waals surface area (Å²) in [7, 11) is 0. The molecular formula is C14H10N2O4. The highest BCUT2D eigenvalue weighted by atomic mass is 16.6. The maximum Gasteiger partial charge on any atom is 0.269 e. The summed E-state index contributed by atoms with van der Waals surface area (Å²) in [6.07, 6.45) is 1.32. The molecule has 3 rings (SSSR count). The van der Waals surface area contributed by atoms with Crippen LogP contribution in [-0.2, 0) is 12.8 Å². The second-order valence-corrected chi connectivity index (χ2v) is 4.70. The number of hydrogen-bond donors (Lipinski definition) is 0. The lowest BCUT2D eigenvalue weighted by Gasteiger charge is -2.19. The molecule has 0 amide bonds. The van der Waals surface area contributed by atoms with E-state index in [-0.39, 0.29) is 11.4 Å². The van der Waals surface area contributed by atoms with Gasteiger partial charge in [0.2, 0.25) is 0 Å². The van der Waals surface area contributed by atoms with Gasteiger partial charge in [-0.1, -0.05) is 0 Å². The second kappa shape index (κ2) is 4.41. The van der Waals surface area contributed by atoms with Gasteiger partial charge >= 0.3 is 0 Å². The first kappa shape index (κ1) is 12.3. The lowest BCUT2D eigenvalue weighted by Crippen LogP contribution is -2.05. The summed E-state index contributed by atoms with van der Waals surface area (Å²) in [5, 5.41) is 21.6. The molecule has 0 aromatic heterocycles. The third-order valence-electron chi connectivity index (χ3n) is 3.55. The van der Waals surface area contributed by atoms with Gasteiger partial charge in [-0.15, -0.1) is 0 Å². The molecule has 0 N–H and O–H groups in total. The van der Waals surface area contributed by atoms with Gasteiger partial charge in [0.1, 0.15) is 0 Å². The highest BCUT2D eigenvalue weighted by Crippen LogP contribution is 2.36. The van der Waals surface area contributed by atoms with Crippen LogP contribution in [0, 0.1) is 20.2 Å². The topological polar surface area (TPSA) is 86.3 Å². The van der Waals surface area contributed by atoms with Crippen LogP contribution in [0.3, 0.4) is 0 Å². The van der Waals surface area contributed by atoms with E-state index < -0.39 is 9.85 Å². The zero-order valence-electron chi connectivity index (χ0n) is 10.4. The fourth-order valence-electron chi connectivity index (χ4n) is 2.60. The molecule has 0 fully saturated rings. The number of nitrogens with zero attached hydrogens (tertiary/aromatic N) is 2. The van der Waals surface area contributed by atoms with Gasteiger partial charge in [0, 0.05) is 24.3 Å². The van der Waals surface area contributed by atoms with Gasteiger partial charge in [0.25, 0.3) is 11.4 Å². The van der Waals surface area contributed by atoms with E-state index in [0.29, 0.717) is 12.8 Å². The van der Waals surface area contributed by atoms with Crippen LogP contribution in [0.4, 0.5) is 11.4 Å². The molecule has 6 heteroatoms. The Bertz CT molecular complexity index is 676. The molecule has 0 atom stereocenters. The molecule has 1 aliphatic carbocycles. The van der Waals surface area contributed by atoms with Crippen molar-refractivity contribution < 1.29 is 9.85 Å². The van der Waals surface area contributed by atoms with Crippen molar-refractivity contribution in [2.75, 3.05) is 0 Å². The smallest absolute Gasteiger partial charge is 0.258 e. The van der Waals surface area contributed by atoms with Crippen molar-refractivity contribution in [1.82, 2.24) is 0 Å².